The van der Waals surface area contributed by atoms with Crippen LogP contribution in [0, 0.1) is 0 Å². The fourth-order valence-electron chi connectivity index (χ4n) is 3.82. The molecule has 0 aliphatic heterocycles. The Bertz CT molecular complexity index is 461. The number of allylic oxidation sites excluding steroid dienone is 6. The summed E-state index contributed by atoms with van der Waals surface area (Å²) >= 11 is 0. The zero-order valence-corrected chi connectivity index (χ0v) is 21.0. The lowest BCUT2D eigenvalue weighted by Gasteiger charge is -2.00. The summed E-state index contributed by atoms with van der Waals surface area (Å²) in [4.78, 5) is 20.5. The van der Waals surface area contributed by atoms with E-state index in [0.717, 1.165) is 57.5 Å². The van der Waals surface area contributed by atoms with Gasteiger partial charge in [-0.3, -0.25) is 0 Å². The maximum atomic E-state index is 10.2. The zero-order chi connectivity index (χ0) is 23.2. The first-order chi connectivity index (χ1) is 15.9. The van der Waals surface area contributed by atoms with E-state index in [4.69, 9.17) is 0 Å². The molecule has 0 bridgehead atoms. The quantitative estimate of drug-likeness (QED) is 0.0755. The van der Waals surface area contributed by atoms with Crippen molar-refractivity contribution in [2.75, 3.05) is 0 Å². The minimum atomic E-state index is 0.721. The molecule has 2 nitrogen and oxygen atoms in total. The van der Waals surface area contributed by atoms with Crippen LogP contribution in [0.5, 0.6) is 0 Å². The average molecular weight is 445 g/mol. The van der Waals surface area contributed by atoms with Crippen molar-refractivity contribution in [3.05, 3.63) is 36.5 Å². The second-order valence-corrected chi connectivity index (χ2v) is 9.01. The first kappa shape index (κ1) is 30.6. The molecular weight excluding hydrogens is 392 g/mol. The highest BCUT2D eigenvalue weighted by Gasteiger charge is 1.92. The Morgan fingerprint density at radius 3 is 0.781 bits per heavy atom. The third kappa shape index (κ3) is 28.6. The molecule has 0 aromatic heterocycles. The molecule has 0 radical (unpaired) electrons. The summed E-state index contributed by atoms with van der Waals surface area (Å²) in [6.45, 7) is 0. The maximum Gasteiger partial charge on any atom is 0.119 e. The molecule has 0 heterocycles. The summed E-state index contributed by atoms with van der Waals surface area (Å²) in [7, 11) is 0. The number of hydrogen-bond acceptors (Lipinski definition) is 2. The van der Waals surface area contributed by atoms with E-state index >= 15 is 0 Å². The predicted molar refractivity (Wildman–Crippen MR) is 141 cm³/mol. The molecule has 0 aromatic carbocycles. The van der Waals surface area contributed by atoms with Crippen molar-refractivity contribution in [2.45, 2.75) is 141 Å². The first-order valence-electron chi connectivity index (χ1n) is 13.7. The normalized spacial score (nSPS) is 11.9. The van der Waals surface area contributed by atoms with E-state index in [9.17, 15) is 9.59 Å². The predicted octanol–water partition coefficient (Wildman–Crippen LogP) is 9.63. The fourth-order valence-corrected chi connectivity index (χ4v) is 3.82. The summed E-state index contributed by atoms with van der Waals surface area (Å²) in [5.41, 5.74) is 0. The van der Waals surface area contributed by atoms with E-state index in [1.54, 1.807) is 0 Å². The van der Waals surface area contributed by atoms with Crippen molar-refractivity contribution in [2.24, 2.45) is 0 Å². The molecule has 0 atom stereocenters. The van der Waals surface area contributed by atoms with Gasteiger partial charge in [0.15, 0.2) is 0 Å². The van der Waals surface area contributed by atoms with Crippen molar-refractivity contribution in [3.8, 4) is 0 Å². The van der Waals surface area contributed by atoms with Gasteiger partial charge in [-0.1, -0.05) is 87.8 Å². The molecule has 184 valence electrons. The standard InChI is InChI=1S/C30H52O2/c31-29-27-25-23-21-19-17-15-13-11-9-7-5-3-1-2-4-6-8-10-12-14-16-18-20-22-24-26-28-30-32/h7-10,15,17,29-30H,1-6,11-14,16,18-28H2/b9-7+,10-8+,17-15-. The van der Waals surface area contributed by atoms with Crippen LogP contribution in [-0.2, 0) is 9.59 Å². The van der Waals surface area contributed by atoms with Crippen molar-refractivity contribution >= 4 is 12.6 Å². The summed E-state index contributed by atoms with van der Waals surface area (Å²) in [6.07, 6.45) is 42.5. The Labute approximate surface area is 200 Å². The smallest absolute Gasteiger partial charge is 0.119 e. The number of carbonyl (C=O) groups is 2. The minimum Gasteiger partial charge on any atom is -0.303 e. The summed E-state index contributed by atoms with van der Waals surface area (Å²) in [6, 6.07) is 0. The molecule has 0 spiro atoms. The van der Waals surface area contributed by atoms with Crippen LogP contribution in [0.1, 0.15) is 141 Å². The fraction of sp³-hybridized carbons (Fsp3) is 0.733. The number of carbonyl (C=O) groups excluding carboxylic acids is 2. The third-order valence-corrected chi connectivity index (χ3v) is 5.88. The highest BCUT2D eigenvalue weighted by molar-refractivity contribution is 5.49. The lowest BCUT2D eigenvalue weighted by molar-refractivity contribution is -0.108. The summed E-state index contributed by atoms with van der Waals surface area (Å²) < 4.78 is 0. The molecule has 0 aliphatic rings. The van der Waals surface area contributed by atoms with Crippen LogP contribution in [-0.4, -0.2) is 12.6 Å². The van der Waals surface area contributed by atoms with Gasteiger partial charge in [0.25, 0.3) is 0 Å². The van der Waals surface area contributed by atoms with Gasteiger partial charge in [-0.15, -0.1) is 0 Å². The second-order valence-electron chi connectivity index (χ2n) is 9.01. The molecule has 0 N–H and O–H groups in total. The third-order valence-electron chi connectivity index (χ3n) is 5.88. The molecule has 2 heteroatoms. The van der Waals surface area contributed by atoms with Gasteiger partial charge >= 0.3 is 0 Å². The molecule has 0 aliphatic carbocycles. The van der Waals surface area contributed by atoms with E-state index in [0.29, 0.717) is 0 Å². The Morgan fingerprint density at radius 2 is 0.469 bits per heavy atom. The molecule has 0 rings (SSSR count). The molecule has 0 unspecified atom stereocenters. The van der Waals surface area contributed by atoms with E-state index in [1.807, 2.05) is 0 Å². The lowest BCUT2D eigenvalue weighted by Crippen LogP contribution is -1.81. The van der Waals surface area contributed by atoms with Gasteiger partial charge in [0.1, 0.15) is 12.6 Å². The van der Waals surface area contributed by atoms with E-state index in [2.05, 4.69) is 36.5 Å². The Morgan fingerprint density at radius 1 is 0.250 bits per heavy atom. The first-order valence-corrected chi connectivity index (χ1v) is 13.7. The van der Waals surface area contributed by atoms with Crippen LogP contribution in [0.25, 0.3) is 0 Å². The highest BCUT2D eigenvalue weighted by atomic mass is 16.1. The monoisotopic (exact) mass is 444 g/mol. The number of rotatable bonds is 26. The molecule has 0 amide bonds. The van der Waals surface area contributed by atoms with Gasteiger partial charge in [-0.2, -0.15) is 0 Å². The van der Waals surface area contributed by atoms with Crippen LogP contribution < -0.4 is 0 Å². The molecule has 32 heavy (non-hydrogen) atoms. The van der Waals surface area contributed by atoms with Gasteiger partial charge in [0, 0.05) is 12.8 Å². The molecule has 0 saturated heterocycles. The van der Waals surface area contributed by atoms with Gasteiger partial charge < -0.3 is 9.59 Å². The van der Waals surface area contributed by atoms with Crippen molar-refractivity contribution in [1.82, 2.24) is 0 Å². The van der Waals surface area contributed by atoms with Crippen molar-refractivity contribution in [1.29, 1.82) is 0 Å². The van der Waals surface area contributed by atoms with Gasteiger partial charge in [-0.05, 0) is 77.0 Å². The SMILES string of the molecule is O=CCCCCC/C=C\CC/C=C/CCCCCC/C=C/CCCCCCCCCC=O. The molecule has 0 fully saturated rings. The number of hydrogen-bond donors (Lipinski definition) is 0. The molecule has 0 aromatic rings. The van der Waals surface area contributed by atoms with Gasteiger partial charge in [-0.25, -0.2) is 0 Å². The topological polar surface area (TPSA) is 34.1 Å². The van der Waals surface area contributed by atoms with Crippen LogP contribution in [0.15, 0.2) is 36.5 Å². The van der Waals surface area contributed by atoms with E-state index < -0.39 is 0 Å². The number of aldehydes is 2. The van der Waals surface area contributed by atoms with E-state index in [-0.39, 0.29) is 0 Å². The second kappa shape index (κ2) is 29.6. The van der Waals surface area contributed by atoms with Gasteiger partial charge in [0.05, 0.1) is 0 Å². The van der Waals surface area contributed by atoms with E-state index in [1.165, 1.54) is 96.3 Å². The molecular formula is C30H52O2. The largest absolute Gasteiger partial charge is 0.303 e. The van der Waals surface area contributed by atoms with Crippen LogP contribution >= 0.6 is 0 Å². The minimum absolute atomic E-state index is 0.721. The Kier molecular flexibility index (Phi) is 28.2. The summed E-state index contributed by atoms with van der Waals surface area (Å²) in [5.74, 6) is 0. The Balaban J connectivity index is 3.20. The highest BCUT2D eigenvalue weighted by Crippen LogP contribution is 2.11. The van der Waals surface area contributed by atoms with Crippen LogP contribution in [0.4, 0.5) is 0 Å². The van der Waals surface area contributed by atoms with Crippen molar-refractivity contribution in [3.63, 3.8) is 0 Å². The number of unbranched alkanes of at least 4 members (excludes halogenated alkanes) is 18. The van der Waals surface area contributed by atoms with Crippen LogP contribution in [0.3, 0.4) is 0 Å². The molecule has 0 saturated carbocycles. The summed E-state index contributed by atoms with van der Waals surface area (Å²) in [5, 5.41) is 0. The van der Waals surface area contributed by atoms with Crippen molar-refractivity contribution < 1.29 is 9.59 Å². The lowest BCUT2D eigenvalue weighted by atomic mass is 10.1. The van der Waals surface area contributed by atoms with Crippen LogP contribution in [0.2, 0.25) is 0 Å². The zero-order valence-electron chi connectivity index (χ0n) is 21.0. The average Bonchev–Trinajstić information content (AvgIpc) is 2.81. The van der Waals surface area contributed by atoms with Gasteiger partial charge in [0.2, 0.25) is 0 Å². The maximum absolute atomic E-state index is 10.2. The Hall–Kier alpha value is -1.44.